The summed E-state index contributed by atoms with van der Waals surface area (Å²) >= 11 is 0. The lowest BCUT2D eigenvalue weighted by Gasteiger charge is -2.21. The highest BCUT2D eigenvalue weighted by atomic mass is 16.5. The molecule has 0 spiro atoms. The standard InChI is InChI=1S/C15H14N4O3/c1-2-22-15(21)11-12(17-18-16)10-7-3-5-9-6-4-8-19(13(9)10)14(11)20/h3,5,7H,2,4,6,8H2,1H3. The quantitative estimate of drug-likeness (QED) is 0.377. The van der Waals surface area contributed by atoms with Gasteiger partial charge in [0.15, 0.2) is 0 Å². The molecule has 1 aliphatic heterocycles. The fraction of sp³-hybridized carbons (Fsp3) is 0.333. The minimum atomic E-state index is -0.753. The van der Waals surface area contributed by atoms with Gasteiger partial charge in [-0.25, -0.2) is 4.79 Å². The van der Waals surface area contributed by atoms with Crippen LogP contribution in [0.15, 0.2) is 28.1 Å². The van der Waals surface area contributed by atoms with Crippen molar-refractivity contribution in [1.29, 1.82) is 0 Å². The second-order valence-corrected chi connectivity index (χ2v) is 5.01. The van der Waals surface area contributed by atoms with E-state index in [2.05, 4.69) is 10.0 Å². The molecule has 1 aliphatic rings. The van der Waals surface area contributed by atoms with E-state index in [1.165, 1.54) is 0 Å². The Morgan fingerprint density at radius 2 is 2.32 bits per heavy atom. The van der Waals surface area contributed by atoms with Crippen molar-refractivity contribution < 1.29 is 9.53 Å². The summed E-state index contributed by atoms with van der Waals surface area (Å²) in [4.78, 5) is 27.6. The third kappa shape index (κ3) is 2.03. The van der Waals surface area contributed by atoms with Gasteiger partial charge in [0.2, 0.25) is 0 Å². The van der Waals surface area contributed by atoms with Gasteiger partial charge in [0.1, 0.15) is 5.56 Å². The molecular formula is C15H14N4O3. The fourth-order valence-corrected chi connectivity index (χ4v) is 2.95. The predicted octanol–water partition coefficient (Wildman–Crippen LogP) is 3.07. The van der Waals surface area contributed by atoms with Crippen molar-refractivity contribution >= 4 is 22.6 Å². The van der Waals surface area contributed by atoms with E-state index in [1.54, 1.807) is 17.6 Å². The summed E-state index contributed by atoms with van der Waals surface area (Å²) in [6.07, 6.45) is 1.68. The molecule has 2 aromatic rings. The summed E-state index contributed by atoms with van der Waals surface area (Å²) in [5.41, 5.74) is 9.99. The molecule has 0 fully saturated rings. The Morgan fingerprint density at radius 3 is 3.05 bits per heavy atom. The molecule has 112 valence electrons. The molecule has 3 rings (SSSR count). The maximum atomic E-state index is 12.7. The maximum absolute atomic E-state index is 12.7. The van der Waals surface area contributed by atoms with Gasteiger partial charge in [-0.2, -0.15) is 0 Å². The van der Waals surface area contributed by atoms with Gasteiger partial charge in [-0.1, -0.05) is 23.3 Å². The van der Waals surface area contributed by atoms with Crippen LogP contribution in [0.1, 0.15) is 29.3 Å². The number of aryl methyl sites for hydroxylation is 2. The SMILES string of the molecule is CCOC(=O)c1c(N=[N+]=[N-])c2cccc3c2n(c1=O)CCC3. The number of nitrogens with zero attached hydrogens (tertiary/aromatic N) is 4. The van der Waals surface area contributed by atoms with Crippen LogP contribution in [0, 0.1) is 0 Å². The van der Waals surface area contributed by atoms with Gasteiger partial charge in [-0.05, 0) is 30.9 Å². The van der Waals surface area contributed by atoms with Crippen LogP contribution in [0.4, 0.5) is 5.69 Å². The minimum Gasteiger partial charge on any atom is -0.462 e. The van der Waals surface area contributed by atoms with Gasteiger partial charge in [0, 0.05) is 16.8 Å². The molecule has 0 bridgehead atoms. The number of ether oxygens (including phenoxy) is 1. The Hall–Kier alpha value is -2.79. The monoisotopic (exact) mass is 298 g/mol. The van der Waals surface area contributed by atoms with Gasteiger partial charge in [0.05, 0.1) is 17.8 Å². The molecule has 2 heterocycles. The Bertz CT molecular complexity index is 878. The normalized spacial score (nSPS) is 12.8. The molecule has 0 saturated heterocycles. The zero-order valence-corrected chi connectivity index (χ0v) is 12.1. The number of aromatic nitrogens is 1. The van der Waals surface area contributed by atoms with Crippen molar-refractivity contribution in [2.75, 3.05) is 6.61 Å². The van der Waals surface area contributed by atoms with Crippen molar-refractivity contribution in [3.63, 3.8) is 0 Å². The molecule has 7 heteroatoms. The van der Waals surface area contributed by atoms with Crippen LogP contribution in [0.25, 0.3) is 21.3 Å². The van der Waals surface area contributed by atoms with Crippen molar-refractivity contribution in [1.82, 2.24) is 4.57 Å². The molecule has 1 aromatic carbocycles. The number of carbonyl (C=O) groups is 1. The van der Waals surface area contributed by atoms with E-state index in [0.29, 0.717) is 11.9 Å². The number of hydrogen-bond donors (Lipinski definition) is 0. The first-order valence-electron chi connectivity index (χ1n) is 7.09. The molecule has 0 atom stereocenters. The van der Waals surface area contributed by atoms with Crippen LogP contribution in [-0.4, -0.2) is 17.1 Å². The Kier molecular flexibility index (Phi) is 3.56. The Morgan fingerprint density at radius 1 is 1.50 bits per heavy atom. The highest BCUT2D eigenvalue weighted by Gasteiger charge is 2.25. The van der Waals surface area contributed by atoms with E-state index in [0.717, 1.165) is 23.9 Å². The second-order valence-electron chi connectivity index (χ2n) is 5.01. The first kappa shape index (κ1) is 14.2. The molecule has 1 aromatic heterocycles. The van der Waals surface area contributed by atoms with E-state index < -0.39 is 11.5 Å². The average Bonchev–Trinajstić information content (AvgIpc) is 2.52. The topological polar surface area (TPSA) is 97.1 Å². The number of carbonyl (C=O) groups excluding carboxylic acids is 1. The predicted molar refractivity (Wildman–Crippen MR) is 81.3 cm³/mol. The number of benzene rings is 1. The lowest BCUT2D eigenvalue weighted by atomic mass is 9.98. The maximum Gasteiger partial charge on any atom is 0.344 e. The van der Waals surface area contributed by atoms with E-state index in [4.69, 9.17) is 10.3 Å². The van der Waals surface area contributed by atoms with Gasteiger partial charge in [0.25, 0.3) is 5.56 Å². The van der Waals surface area contributed by atoms with Crippen molar-refractivity contribution in [3.8, 4) is 0 Å². The lowest BCUT2D eigenvalue weighted by molar-refractivity contribution is 0.0525. The smallest absolute Gasteiger partial charge is 0.344 e. The Labute approximate surface area is 125 Å². The molecular weight excluding hydrogens is 284 g/mol. The minimum absolute atomic E-state index is 0.0564. The molecule has 7 nitrogen and oxygen atoms in total. The third-order valence-electron chi connectivity index (χ3n) is 3.79. The molecule has 0 amide bonds. The van der Waals surface area contributed by atoms with E-state index in [1.807, 2.05) is 12.1 Å². The molecule has 0 aliphatic carbocycles. The average molecular weight is 298 g/mol. The summed E-state index contributed by atoms with van der Waals surface area (Å²) in [5.74, 6) is -0.753. The molecule has 22 heavy (non-hydrogen) atoms. The fourth-order valence-electron chi connectivity index (χ4n) is 2.95. The highest BCUT2D eigenvalue weighted by molar-refractivity contribution is 6.04. The summed E-state index contributed by atoms with van der Waals surface area (Å²) in [6.45, 7) is 2.34. The van der Waals surface area contributed by atoms with Crippen LogP contribution < -0.4 is 5.56 Å². The van der Waals surface area contributed by atoms with Crippen molar-refractivity contribution in [2.24, 2.45) is 5.11 Å². The zero-order chi connectivity index (χ0) is 15.7. The summed E-state index contributed by atoms with van der Waals surface area (Å²) < 4.78 is 6.54. The molecule has 0 radical (unpaired) electrons. The van der Waals surface area contributed by atoms with Gasteiger partial charge in [-0.15, -0.1) is 0 Å². The van der Waals surface area contributed by atoms with Crippen LogP contribution in [0.2, 0.25) is 0 Å². The second kappa shape index (κ2) is 5.54. The first-order valence-corrected chi connectivity index (χ1v) is 7.09. The summed E-state index contributed by atoms with van der Waals surface area (Å²) in [5, 5.41) is 4.21. The van der Waals surface area contributed by atoms with E-state index in [9.17, 15) is 9.59 Å². The van der Waals surface area contributed by atoms with Crippen LogP contribution in [-0.2, 0) is 17.7 Å². The number of pyridine rings is 1. The van der Waals surface area contributed by atoms with Gasteiger partial charge in [-0.3, -0.25) is 4.79 Å². The third-order valence-corrected chi connectivity index (χ3v) is 3.79. The van der Waals surface area contributed by atoms with Crippen LogP contribution in [0.3, 0.4) is 0 Å². The van der Waals surface area contributed by atoms with E-state index >= 15 is 0 Å². The zero-order valence-electron chi connectivity index (χ0n) is 12.1. The number of para-hydroxylation sites is 1. The summed E-state index contributed by atoms with van der Waals surface area (Å²) in [7, 11) is 0. The number of rotatable bonds is 3. The number of hydrogen-bond acceptors (Lipinski definition) is 4. The van der Waals surface area contributed by atoms with Crippen molar-refractivity contribution in [2.45, 2.75) is 26.3 Å². The largest absolute Gasteiger partial charge is 0.462 e. The number of azide groups is 1. The molecule has 0 N–H and O–H groups in total. The summed E-state index contributed by atoms with van der Waals surface area (Å²) in [6, 6.07) is 5.54. The van der Waals surface area contributed by atoms with Gasteiger partial charge < -0.3 is 9.30 Å². The lowest BCUT2D eigenvalue weighted by Crippen LogP contribution is -2.30. The van der Waals surface area contributed by atoms with E-state index in [-0.39, 0.29) is 17.9 Å². The molecule has 0 unspecified atom stereocenters. The van der Waals surface area contributed by atoms with Crippen LogP contribution in [0.5, 0.6) is 0 Å². The number of esters is 1. The van der Waals surface area contributed by atoms with Crippen LogP contribution >= 0.6 is 0 Å². The first-order chi connectivity index (χ1) is 10.7. The Balaban J connectivity index is 2.48. The van der Waals surface area contributed by atoms with Crippen molar-refractivity contribution in [3.05, 3.63) is 50.1 Å². The van der Waals surface area contributed by atoms with Gasteiger partial charge >= 0.3 is 5.97 Å². The highest BCUT2D eigenvalue weighted by Crippen LogP contribution is 2.33. The molecule has 0 saturated carbocycles.